The summed E-state index contributed by atoms with van der Waals surface area (Å²) in [6.07, 6.45) is 0. The molecule has 0 fully saturated rings. The molecule has 0 aromatic heterocycles. The highest BCUT2D eigenvalue weighted by molar-refractivity contribution is 6.10. The molecule has 0 bridgehead atoms. The molecule has 2 aromatic rings. The van der Waals surface area contributed by atoms with E-state index in [2.05, 4.69) is 5.32 Å². The van der Waals surface area contributed by atoms with Gasteiger partial charge in [-0.3, -0.25) is 14.5 Å². The molecule has 0 radical (unpaired) electrons. The standard InChI is InChI=1S/C18H19N3O3/c1-24-16-9-5-2-6-13(16)10-19-11-18(23)21-12-17(22)20-14-7-3-4-8-15(14)21/h2-9,19H,10-12H2,1H3,(H,20,22)/p+1. The quantitative estimate of drug-likeness (QED) is 0.851. The molecule has 0 aliphatic carbocycles. The van der Waals surface area contributed by atoms with Gasteiger partial charge >= 0.3 is 0 Å². The molecule has 24 heavy (non-hydrogen) atoms. The fourth-order valence-electron chi connectivity index (χ4n) is 2.79. The maximum Gasteiger partial charge on any atom is 0.282 e. The van der Waals surface area contributed by atoms with Crippen molar-refractivity contribution in [1.29, 1.82) is 0 Å². The number of fused-ring (bicyclic) bond motifs is 1. The maximum absolute atomic E-state index is 12.5. The lowest BCUT2D eigenvalue weighted by atomic mass is 10.2. The number of hydrogen-bond donors (Lipinski definition) is 2. The number of anilines is 2. The van der Waals surface area contributed by atoms with Crippen molar-refractivity contribution in [3.05, 3.63) is 54.1 Å². The number of ether oxygens (including phenoxy) is 1. The third-order valence-corrected chi connectivity index (χ3v) is 3.95. The summed E-state index contributed by atoms with van der Waals surface area (Å²) < 4.78 is 5.31. The monoisotopic (exact) mass is 326 g/mol. The van der Waals surface area contributed by atoms with Crippen LogP contribution >= 0.6 is 0 Å². The summed E-state index contributed by atoms with van der Waals surface area (Å²) in [6, 6.07) is 15.1. The van der Waals surface area contributed by atoms with Gasteiger partial charge in [-0.25, -0.2) is 0 Å². The van der Waals surface area contributed by atoms with Crippen molar-refractivity contribution in [2.75, 3.05) is 30.4 Å². The number of nitrogens with two attached hydrogens (primary N) is 1. The van der Waals surface area contributed by atoms with Gasteiger partial charge in [0.05, 0.1) is 18.5 Å². The van der Waals surface area contributed by atoms with Gasteiger partial charge in [-0.15, -0.1) is 0 Å². The molecule has 2 amide bonds. The van der Waals surface area contributed by atoms with E-state index in [9.17, 15) is 9.59 Å². The molecule has 124 valence electrons. The van der Waals surface area contributed by atoms with Crippen LogP contribution < -0.4 is 20.3 Å². The van der Waals surface area contributed by atoms with E-state index < -0.39 is 0 Å². The van der Waals surface area contributed by atoms with Crippen molar-refractivity contribution in [1.82, 2.24) is 0 Å². The molecule has 3 rings (SSSR count). The number of hydrogen-bond acceptors (Lipinski definition) is 3. The van der Waals surface area contributed by atoms with Gasteiger partial charge in [-0.2, -0.15) is 0 Å². The van der Waals surface area contributed by atoms with E-state index in [-0.39, 0.29) is 24.9 Å². The normalized spacial score (nSPS) is 13.2. The smallest absolute Gasteiger partial charge is 0.282 e. The van der Waals surface area contributed by atoms with Gasteiger partial charge in [0.2, 0.25) is 5.91 Å². The average Bonchev–Trinajstić information content (AvgIpc) is 2.61. The molecule has 6 nitrogen and oxygen atoms in total. The van der Waals surface area contributed by atoms with E-state index in [4.69, 9.17) is 4.74 Å². The van der Waals surface area contributed by atoms with Crippen LogP contribution in [-0.4, -0.2) is 32.0 Å². The first-order chi connectivity index (χ1) is 11.7. The second-order valence-electron chi connectivity index (χ2n) is 5.55. The second kappa shape index (κ2) is 7.14. The molecule has 2 aromatic carbocycles. The first-order valence-corrected chi connectivity index (χ1v) is 7.82. The molecular weight excluding hydrogens is 306 g/mol. The first-order valence-electron chi connectivity index (χ1n) is 7.82. The summed E-state index contributed by atoms with van der Waals surface area (Å²) in [6.45, 7) is 0.954. The molecule has 1 aliphatic heterocycles. The molecule has 0 saturated carbocycles. The van der Waals surface area contributed by atoms with E-state index in [0.29, 0.717) is 12.2 Å². The number of carbonyl (C=O) groups is 2. The lowest BCUT2D eigenvalue weighted by molar-refractivity contribution is -0.659. The van der Waals surface area contributed by atoms with Gasteiger partial charge in [0.15, 0.2) is 6.54 Å². The van der Waals surface area contributed by atoms with Crippen LogP contribution in [0.4, 0.5) is 11.4 Å². The van der Waals surface area contributed by atoms with E-state index in [0.717, 1.165) is 17.0 Å². The Labute approximate surface area is 140 Å². The predicted octanol–water partition coefficient (Wildman–Crippen LogP) is 0.744. The topological polar surface area (TPSA) is 75.2 Å². The summed E-state index contributed by atoms with van der Waals surface area (Å²) in [5.41, 5.74) is 2.45. The van der Waals surface area contributed by atoms with E-state index in [1.165, 1.54) is 4.90 Å². The minimum absolute atomic E-state index is 0.0539. The number of carbonyl (C=O) groups excluding carboxylic acids is 2. The lowest BCUT2D eigenvalue weighted by Gasteiger charge is -2.28. The molecule has 1 aliphatic rings. The van der Waals surface area contributed by atoms with Crippen LogP contribution in [0.25, 0.3) is 0 Å². The van der Waals surface area contributed by atoms with Crippen molar-refractivity contribution < 1.29 is 19.6 Å². The van der Waals surface area contributed by atoms with E-state index in [1.807, 2.05) is 47.8 Å². The summed E-state index contributed by atoms with van der Waals surface area (Å²) in [7, 11) is 1.63. The van der Waals surface area contributed by atoms with Crippen molar-refractivity contribution in [2.45, 2.75) is 6.54 Å². The molecule has 6 heteroatoms. The van der Waals surface area contributed by atoms with Crippen molar-refractivity contribution >= 4 is 23.2 Å². The Balaban J connectivity index is 1.64. The van der Waals surface area contributed by atoms with Crippen LogP contribution in [0.2, 0.25) is 0 Å². The number of rotatable bonds is 5. The number of methoxy groups -OCH3 is 1. The summed E-state index contributed by atoms with van der Waals surface area (Å²) in [5, 5.41) is 4.69. The van der Waals surface area contributed by atoms with Crippen LogP contribution in [0.3, 0.4) is 0 Å². The third kappa shape index (κ3) is 3.38. The van der Waals surface area contributed by atoms with Gasteiger partial charge in [0.25, 0.3) is 5.91 Å². The first kappa shape index (κ1) is 16.0. The van der Waals surface area contributed by atoms with Gasteiger partial charge in [0.1, 0.15) is 18.8 Å². The Hall–Kier alpha value is -2.86. The van der Waals surface area contributed by atoms with Crippen LogP contribution in [0.1, 0.15) is 5.56 Å². The van der Waals surface area contributed by atoms with Crippen LogP contribution in [-0.2, 0) is 16.1 Å². The van der Waals surface area contributed by atoms with E-state index in [1.54, 1.807) is 13.2 Å². The molecule has 0 atom stereocenters. The largest absolute Gasteiger partial charge is 0.496 e. The van der Waals surface area contributed by atoms with Gasteiger partial charge in [-0.05, 0) is 24.3 Å². The summed E-state index contributed by atoms with van der Waals surface area (Å²) >= 11 is 0. The number of para-hydroxylation sites is 3. The van der Waals surface area contributed by atoms with Crippen molar-refractivity contribution in [2.24, 2.45) is 0 Å². The molecule has 0 spiro atoms. The molecule has 0 saturated heterocycles. The summed E-state index contributed by atoms with van der Waals surface area (Å²) in [4.78, 5) is 25.9. The fraction of sp³-hybridized carbons (Fsp3) is 0.222. The predicted molar refractivity (Wildman–Crippen MR) is 90.9 cm³/mol. The Morgan fingerprint density at radius 1 is 1.21 bits per heavy atom. The zero-order valence-corrected chi connectivity index (χ0v) is 13.5. The Morgan fingerprint density at radius 3 is 2.79 bits per heavy atom. The van der Waals surface area contributed by atoms with Gasteiger partial charge in [-0.1, -0.05) is 24.3 Å². The number of amides is 2. The van der Waals surface area contributed by atoms with Crippen LogP contribution in [0.5, 0.6) is 5.75 Å². The Kier molecular flexibility index (Phi) is 4.77. The molecular formula is C18H20N3O3+. The minimum atomic E-state index is -0.174. The molecule has 1 heterocycles. The average molecular weight is 326 g/mol. The second-order valence-corrected chi connectivity index (χ2v) is 5.55. The summed E-state index contributed by atoms with van der Waals surface area (Å²) in [5.74, 6) is 0.544. The molecule has 0 unspecified atom stereocenters. The van der Waals surface area contributed by atoms with Gasteiger partial charge < -0.3 is 15.4 Å². The third-order valence-electron chi connectivity index (χ3n) is 3.95. The number of quaternary nitrogens is 1. The Bertz CT molecular complexity index is 761. The SMILES string of the molecule is COc1ccccc1C[NH2+]CC(=O)N1CC(=O)Nc2ccccc21. The highest BCUT2D eigenvalue weighted by atomic mass is 16.5. The van der Waals surface area contributed by atoms with Gasteiger partial charge in [0, 0.05) is 5.56 Å². The highest BCUT2D eigenvalue weighted by Crippen LogP contribution is 2.28. The van der Waals surface area contributed by atoms with Crippen LogP contribution in [0, 0.1) is 0 Å². The lowest BCUT2D eigenvalue weighted by Crippen LogP contribution is -2.85. The zero-order chi connectivity index (χ0) is 16.9. The van der Waals surface area contributed by atoms with Crippen molar-refractivity contribution in [3.8, 4) is 5.75 Å². The molecule has 3 N–H and O–H groups in total. The number of benzene rings is 2. The van der Waals surface area contributed by atoms with Crippen molar-refractivity contribution in [3.63, 3.8) is 0 Å². The van der Waals surface area contributed by atoms with Crippen LogP contribution in [0.15, 0.2) is 48.5 Å². The highest BCUT2D eigenvalue weighted by Gasteiger charge is 2.27. The fourth-order valence-corrected chi connectivity index (χ4v) is 2.79. The minimum Gasteiger partial charge on any atom is -0.496 e. The maximum atomic E-state index is 12.5. The number of nitrogens with one attached hydrogen (secondary N) is 1. The van der Waals surface area contributed by atoms with E-state index >= 15 is 0 Å². The Morgan fingerprint density at radius 2 is 1.96 bits per heavy atom. The zero-order valence-electron chi connectivity index (χ0n) is 13.5. The number of nitrogens with zero attached hydrogens (tertiary/aromatic N) is 1.